The Hall–Kier alpha value is -1.58. The van der Waals surface area contributed by atoms with Crippen LogP contribution in [0.15, 0.2) is 12.1 Å². The van der Waals surface area contributed by atoms with Crippen LogP contribution in [-0.4, -0.2) is 27.9 Å². The van der Waals surface area contributed by atoms with Crippen molar-refractivity contribution in [2.75, 3.05) is 12.3 Å². The van der Waals surface area contributed by atoms with Crippen LogP contribution in [-0.2, 0) is 6.42 Å². The van der Waals surface area contributed by atoms with Gasteiger partial charge in [0.2, 0.25) is 0 Å². The number of nitrogens with two attached hydrogens (primary N) is 1. The fourth-order valence-corrected chi connectivity index (χ4v) is 2.76. The number of pyridine rings is 1. The third kappa shape index (κ3) is 2.88. The van der Waals surface area contributed by atoms with Gasteiger partial charge in [-0.2, -0.15) is 0 Å². The molecular weight excluding hydrogens is 238 g/mol. The van der Waals surface area contributed by atoms with E-state index in [1.807, 2.05) is 11.0 Å². The number of aromatic nitrogens is 1. The Balaban J connectivity index is 2.28. The average molecular weight is 261 g/mol. The fraction of sp³-hybridized carbons (Fsp3) is 0.600. The molecule has 104 valence electrons. The van der Waals surface area contributed by atoms with Gasteiger partial charge in [0.15, 0.2) is 0 Å². The zero-order chi connectivity index (χ0) is 14.0. The van der Waals surface area contributed by atoms with E-state index in [1.54, 1.807) is 6.07 Å². The quantitative estimate of drug-likeness (QED) is 0.910. The smallest absolute Gasteiger partial charge is 0.254 e. The van der Waals surface area contributed by atoms with Crippen molar-refractivity contribution in [2.24, 2.45) is 0 Å². The van der Waals surface area contributed by atoms with Crippen LogP contribution >= 0.6 is 0 Å². The molecule has 1 aromatic heterocycles. The highest BCUT2D eigenvalue weighted by Crippen LogP contribution is 2.30. The Bertz CT molecular complexity index is 482. The predicted molar refractivity (Wildman–Crippen MR) is 77.0 cm³/mol. The van der Waals surface area contributed by atoms with Crippen LogP contribution in [0.3, 0.4) is 0 Å². The highest BCUT2D eigenvalue weighted by atomic mass is 16.2. The second-order valence-electron chi connectivity index (χ2n) is 5.89. The minimum absolute atomic E-state index is 0.0555. The zero-order valence-corrected chi connectivity index (χ0v) is 12.1. The maximum absolute atomic E-state index is 12.6. The van der Waals surface area contributed by atoms with E-state index in [-0.39, 0.29) is 11.4 Å². The molecule has 0 spiro atoms. The monoisotopic (exact) mass is 261 g/mol. The van der Waals surface area contributed by atoms with Gasteiger partial charge in [0.05, 0.1) is 0 Å². The maximum Gasteiger partial charge on any atom is 0.254 e. The van der Waals surface area contributed by atoms with Crippen molar-refractivity contribution >= 4 is 11.7 Å². The van der Waals surface area contributed by atoms with Gasteiger partial charge in [-0.1, -0.05) is 13.3 Å². The summed E-state index contributed by atoms with van der Waals surface area (Å²) in [5, 5.41) is 0. The second kappa shape index (κ2) is 5.19. The first-order valence-electron chi connectivity index (χ1n) is 7.02. The van der Waals surface area contributed by atoms with Crippen LogP contribution in [0.2, 0.25) is 0 Å². The van der Waals surface area contributed by atoms with Gasteiger partial charge in [-0.25, -0.2) is 4.98 Å². The van der Waals surface area contributed by atoms with Crippen molar-refractivity contribution in [2.45, 2.75) is 52.0 Å². The van der Waals surface area contributed by atoms with Crippen molar-refractivity contribution in [3.05, 3.63) is 23.4 Å². The standard InChI is InChI=1S/C15H23N3O/c1-4-6-12-9-11(10-13(16)17-12)14(19)18-8-5-7-15(18,2)3/h9-10H,4-8H2,1-3H3,(H2,16,17). The van der Waals surface area contributed by atoms with Crippen LogP contribution in [0, 0.1) is 0 Å². The second-order valence-corrected chi connectivity index (χ2v) is 5.89. The molecule has 0 aliphatic carbocycles. The van der Waals surface area contributed by atoms with E-state index in [1.165, 1.54) is 0 Å². The molecule has 1 fully saturated rings. The van der Waals surface area contributed by atoms with Crippen LogP contribution < -0.4 is 5.73 Å². The molecular formula is C15H23N3O. The highest BCUT2D eigenvalue weighted by Gasteiger charge is 2.35. The van der Waals surface area contributed by atoms with E-state index in [4.69, 9.17) is 5.73 Å². The van der Waals surface area contributed by atoms with Crippen molar-refractivity contribution in [1.29, 1.82) is 0 Å². The van der Waals surface area contributed by atoms with Crippen LogP contribution in [0.4, 0.5) is 5.82 Å². The summed E-state index contributed by atoms with van der Waals surface area (Å²) in [6, 6.07) is 3.58. The normalized spacial score (nSPS) is 17.7. The number of likely N-dealkylation sites (tertiary alicyclic amines) is 1. The molecule has 19 heavy (non-hydrogen) atoms. The van der Waals surface area contributed by atoms with Crippen molar-refractivity contribution in [1.82, 2.24) is 9.88 Å². The van der Waals surface area contributed by atoms with Gasteiger partial charge in [-0.15, -0.1) is 0 Å². The number of nitrogens with zero attached hydrogens (tertiary/aromatic N) is 2. The molecule has 1 aliphatic heterocycles. The maximum atomic E-state index is 12.6. The molecule has 4 heteroatoms. The number of anilines is 1. The molecule has 1 aromatic rings. The molecule has 0 saturated carbocycles. The summed E-state index contributed by atoms with van der Waals surface area (Å²) in [6.45, 7) is 7.16. The van der Waals surface area contributed by atoms with Crippen molar-refractivity contribution < 1.29 is 4.79 Å². The van der Waals surface area contributed by atoms with E-state index >= 15 is 0 Å². The van der Waals surface area contributed by atoms with Gasteiger partial charge in [0.1, 0.15) is 5.82 Å². The zero-order valence-electron chi connectivity index (χ0n) is 12.1. The van der Waals surface area contributed by atoms with E-state index in [0.29, 0.717) is 11.4 Å². The van der Waals surface area contributed by atoms with E-state index in [2.05, 4.69) is 25.8 Å². The summed E-state index contributed by atoms with van der Waals surface area (Å²) in [4.78, 5) is 18.8. The number of amides is 1. The van der Waals surface area contributed by atoms with Gasteiger partial charge in [-0.05, 0) is 45.2 Å². The van der Waals surface area contributed by atoms with E-state index in [0.717, 1.165) is 37.9 Å². The minimum Gasteiger partial charge on any atom is -0.384 e. The topological polar surface area (TPSA) is 59.2 Å². The lowest BCUT2D eigenvalue weighted by atomic mass is 10.0. The Morgan fingerprint density at radius 1 is 1.47 bits per heavy atom. The fourth-order valence-electron chi connectivity index (χ4n) is 2.76. The molecule has 1 amide bonds. The average Bonchev–Trinajstić information content (AvgIpc) is 2.67. The van der Waals surface area contributed by atoms with Gasteiger partial charge < -0.3 is 10.6 Å². The Labute approximate surface area is 115 Å². The van der Waals surface area contributed by atoms with Gasteiger partial charge in [0.25, 0.3) is 5.91 Å². The lowest BCUT2D eigenvalue weighted by Gasteiger charge is -2.31. The van der Waals surface area contributed by atoms with E-state index < -0.39 is 0 Å². The third-order valence-electron chi connectivity index (χ3n) is 3.80. The highest BCUT2D eigenvalue weighted by molar-refractivity contribution is 5.95. The van der Waals surface area contributed by atoms with Gasteiger partial charge >= 0.3 is 0 Å². The lowest BCUT2D eigenvalue weighted by molar-refractivity contribution is 0.0652. The molecule has 0 bridgehead atoms. The Morgan fingerprint density at radius 3 is 2.79 bits per heavy atom. The van der Waals surface area contributed by atoms with Crippen molar-refractivity contribution in [3.8, 4) is 0 Å². The number of nitrogen functional groups attached to an aromatic ring is 1. The lowest BCUT2D eigenvalue weighted by Crippen LogP contribution is -2.42. The number of rotatable bonds is 3. The van der Waals surface area contributed by atoms with E-state index in [9.17, 15) is 4.79 Å². The molecule has 2 N–H and O–H groups in total. The summed E-state index contributed by atoms with van der Waals surface area (Å²) in [5.74, 6) is 0.514. The minimum atomic E-state index is -0.0555. The molecule has 4 nitrogen and oxygen atoms in total. The molecule has 1 saturated heterocycles. The molecule has 2 rings (SSSR count). The molecule has 0 unspecified atom stereocenters. The summed E-state index contributed by atoms with van der Waals surface area (Å²) in [6.07, 6.45) is 3.98. The summed E-state index contributed by atoms with van der Waals surface area (Å²) < 4.78 is 0. The number of hydrogen-bond donors (Lipinski definition) is 1. The largest absolute Gasteiger partial charge is 0.384 e. The summed E-state index contributed by atoms with van der Waals surface area (Å²) >= 11 is 0. The SMILES string of the molecule is CCCc1cc(C(=O)N2CCCC2(C)C)cc(N)n1. The predicted octanol–water partition coefficient (Wildman–Crippen LogP) is 2.63. The Kier molecular flexibility index (Phi) is 3.78. The van der Waals surface area contributed by atoms with Crippen molar-refractivity contribution in [3.63, 3.8) is 0 Å². The first-order chi connectivity index (χ1) is 8.94. The number of carbonyl (C=O) groups is 1. The summed E-state index contributed by atoms with van der Waals surface area (Å²) in [5.41, 5.74) is 7.33. The van der Waals surface area contributed by atoms with Crippen LogP contribution in [0.5, 0.6) is 0 Å². The van der Waals surface area contributed by atoms with Crippen LogP contribution in [0.1, 0.15) is 56.1 Å². The Morgan fingerprint density at radius 2 is 2.21 bits per heavy atom. The third-order valence-corrected chi connectivity index (χ3v) is 3.80. The molecule has 1 aliphatic rings. The van der Waals surface area contributed by atoms with Gasteiger partial charge in [-0.3, -0.25) is 4.79 Å². The number of aryl methyl sites for hydroxylation is 1. The first-order valence-corrected chi connectivity index (χ1v) is 7.02. The molecule has 0 atom stereocenters. The number of hydrogen-bond acceptors (Lipinski definition) is 3. The molecule has 2 heterocycles. The molecule has 0 radical (unpaired) electrons. The number of carbonyl (C=O) groups excluding carboxylic acids is 1. The summed E-state index contributed by atoms with van der Waals surface area (Å²) in [7, 11) is 0. The first kappa shape index (κ1) is 13.8. The van der Waals surface area contributed by atoms with Gasteiger partial charge in [0, 0.05) is 23.3 Å². The molecule has 0 aromatic carbocycles. The van der Waals surface area contributed by atoms with Crippen LogP contribution in [0.25, 0.3) is 0 Å².